The SMILES string of the molecule is O=C(O)c1ccc(NCCN2CCCCC2)o1. The zero-order valence-electron chi connectivity index (χ0n) is 9.82. The van der Waals surface area contributed by atoms with E-state index < -0.39 is 5.97 Å². The highest BCUT2D eigenvalue weighted by Gasteiger charge is 2.10. The van der Waals surface area contributed by atoms with Gasteiger partial charge in [-0.2, -0.15) is 0 Å². The van der Waals surface area contributed by atoms with Crippen LogP contribution in [0.3, 0.4) is 0 Å². The Balaban J connectivity index is 1.71. The van der Waals surface area contributed by atoms with Crippen LogP contribution in [0.25, 0.3) is 0 Å². The Hall–Kier alpha value is -1.49. The van der Waals surface area contributed by atoms with Gasteiger partial charge in [-0.25, -0.2) is 4.79 Å². The number of nitrogens with zero attached hydrogens (tertiary/aromatic N) is 1. The molecule has 0 spiro atoms. The van der Waals surface area contributed by atoms with E-state index in [1.807, 2.05) is 0 Å². The van der Waals surface area contributed by atoms with Gasteiger partial charge in [-0.15, -0.1) is 0 Å². The summed E-state index contributed by atoms with van der Waals surface area (Å²) < 4.78 is 5.11. The van der Waals surface area contributed by atoms with Gasteiger partial charge in [0.2, 0.25) is 5.76 Å². The Bertz CT molecular complexity index is 370. The van der Waals surface area contributed by atoms with Crippen LogP contribution in [0.4, 0.5) is 5.88 Å². The third-order valence-electron chi connectivity index (χ3n) is 2.99. The molecular weight excluding hydrogens is 220 g/mol. The summed E-state index contributed by atoms with van der Waals surface area (Å²) in [5.74, 6) is -0.529. The van der Waals surface area contributed by atoms with E-state index >= 15 is 0 Å². The zero-order valence-corrected chi connectivity index (χ0v) is 9.82. The van der Waals surface area contributed by atoms with Gasteiger partial charge in [0.15, 0.2) is 5.88 Å². The number of anilines is 1. The van der Waals surface area contributed by atoms with Crippen LogP contribution >= 0.6 is 0 Å². The highest BCUT2D eigenvalue weighted by atomic mass is 16.4. The minimum absolute atomic E-state index is 0.0227. The Morgan fingerprint density at radius 2 is 2.12 bits per heavy atom. The van der Waals surface area contributed by atoms with E-state index in [-0.39, 0.29) is 5.76 Å². The highest BCUT2D eigenvalue weighted by molar-refractivity contribution is 5.84. The maximum atomic E-state index is 10.6. The molecule has 1 fully saturated rings. The lowest BCUT2D eigenvalue weighted by Crippen LogP contribution is -2.33. The van der Waals surface area contributed by atoms with Crippen molar-refractivity contribution in [3.05, 3.63) is 17.9 Å². The molecule has 0 atom stereocenters. The predicted molar refractivity (Wildman–Crippen MR) is 64.4 cm³/mol. The van der Waals surface area contributed by atoms with Crippen molar-refractivity contribution in [1.82, 2.24) is 4.90 Å². The van der Waals surface area contributed by atoms with Gasteiger partial charge in [0.1, 0.15) is 0 Å². The van der Waals surface area contributed by atoms with Crippen molar-refractivity contribution < 1.29 is 14.3 Å². The standard InChI is InChI=1S/C12H18N2O3/c15-12(16)10-4-5-11(17-10)13-6-9-14-7-2-1-3-8-14/h4-5,13H,1-3,6-9H2,(H,15,16). The fourth-order valence-electron chi connectivity index (χ4n) is 2.07. The van der Waals surface area contributed by atoms with Crippen molar-refractivity contribution in [2.45, 2.75) is 19.3 Å². The van der Waals surface area contributed by atoms with E-state index in [2.05, 4.69) is 10.2 Å². The molecule has 17 heavy (non-hydrogen) atoms. The van der Waals surface area contributed by atoms with E-state index in [4.69, 9.17) is 9.52 Å². The Labute approximate surface area is 100 Å². The van der Waals surface area contributed by atoms with Crippen molar-refractivity contribution in [2.24, 2.45) is 0 Å². The van der Waals surface area contributed by atoms with Crippen molar-refractivity contribution in [3.63, 3.8) is 0 Å². The number of nitrogens with one attached hydrogen (secondary N) is 1. The maximum absolute atomic E-state index is 10.6. The molecule has 0 aliphatic carbocycles. The van der Waals surface area contributed by atoms with Crippen LogP contribution in [-0.4, -0.2) is 42.2 Å². The first kappa shape index (κ1) is 12.0. The first-order chi connectivity index (χ1) is 8.25. The quantitative estimate of drug-likeness (QED) is 0.819. The van der Waals surface area contributed by atoms with Crippen molar-refractivity contribution in [1.29, 1.82) is 0 Å². The first-order valence-corrected chi connectivity index (χ1v) is 6.05. The first-order valence-electron chi connectivity index (χ1n) is 6.05. The van der Waals surface area contributed by atoms with E-state index in [1.54, 1.807) is 6.07 Å². The summed E-state index contributed by atoms with van der Waals surface area (Å²) >= 11 is 0. The molecule has 2 N–H and O–H groups in total. The number of carboxylic acids is 1. The summed E-state index contributed by atoms with van der Waals surface area (Å²) in [5, 5.41) is 11.8. The molecule has 2 rings (SSSR count). The maximum Gasteiger partial charge on any atom is 0.371 e. The van der Waals surface area contributed by atoms with Crippen LogP contribution < -0.4 is 5.32 Å². The van der Waals surface area contributed by atoms with E-state index in [9.17, 15) is 4.79 Å². The smallest absolute Gasteiger partial charge is 0.371 e. The lowest BCUT2D eigenvalue weighted by molar-refractivity contribution is 0.0663. The average Bonchev–Trinajstić information content (AvgIpc) is 2.79. The molecule has 94 valence electrons. The van der Waals surface area contributed by atoms with Gasteiger partial charge in [-0.1, -0.05) is 6.42 Å². The van der Waals surface area contributed by atoms with Crippen LogP contribution in [0.5, 0.6) is 0 Å². The number of furan rings is 1. The fraction of sp³-hybridized carbons (Fsp3) is 0.583. The summed E-state index contributed by atoms with van der Waals surface area (Å²) in [7, 11) is 0. The molecule has 1 aliphatic rings. The summed E-state index contributed by atoms with van der Waals surface area (Å²) in [5.41, 5.74) is 0. The van der Waals surface area contributed by atoms with E-state index in [0.29, 0.717) is 5.88 Å². The zero-order chi connectivity index (χ0) is 12.1. The van der Waals surface area contributed by atoms with Gasteiger partial charge in [0.25, 0.3) is 0 Å². The summed E-state index contributed by atoms with van der Waals surface area (Å²) in [4.78, 5) is 13.0. The van der Waals surface area contributed by atoms with Gasteiger partial charge in [-0.05, 0) is 32.0 Å². The third-order valence-corrected chi connectivity index (χ3v) is 2.99. The van der Waals surface area contributed by atoms with Gasteiger partial charge in [0.05, 0.1) is 0 Å². The molecule has 1 aromatic heterocycles. The highest BCUT2D eigenvalue weighted by Crippen LogP contribution is 2.13. The van der Waals surface area contributed by atoms with E-state index in [0.717, 1.165) is 13.1 Å². The number of carbonyl (C=O) groups is 1. The number of hydrogen-bond donors (Lipinski definition) is 2. The predicted octanol–water partition coefficient (Wildman–Crippen LogP) is 1.88. The molecule has 0 aromatic carbocycles. The average molecular weight is 238 g/mol. The number of likely N-dealkylation sites (tertiary alicyclic amines) is 1. The number of piperidine rings is 1. The molecule has 0 amide bonds. The van der Waals surface area contributed by atoms with Gasteiger partial charge < -0.3 is 19.7 Å². The molecule has 0 unspecified atom stereocenters. The van der Waals surface area contributed by atoms with Gasteiger partial charge in [0, 0.05) is 19.2 Å². The topological polar surface area (TPSA) is 65.7 Å². The van der Waals surface area contributed by atoms with Crippen molar-refractivity contribution >= 4 is 11.9 Å². The van der Waals surface area contributed by atoms with E-state index in [1.165, 1.54) is 38.4 Å². The summed E-state index contributed by atoms with van der Waals surface area (Å²) in [6.45, 7) is 4.09. The minimum atomic E-state index is -1.03. The molecule has 5 heteroatoms. The molecule has 0 saturated carbocycles. The van der Waals surface area contributed by atoms with Crippen molar-refractivity contribution in [3.8, 4) is 0 Å². The Morgan fingerprint density at radius 1 is 1.35 bits per heavy atom. The lowest BCUT2D eigenvalue weighted by atomic mass is 10.1. The van der Waals surface area contributed by atoms with Crippen LogP contribution in [-0.2, 0) is 0 Å². The molecule has 1 saturated heterocycles. The molecule has 0 bridgehead atoms. The minimum Gasteiger partial charge on any atom is -0.475 e. The monoisotopic (exact) mass is 238 g/mol. The summed E-state index contributed by atoms with van der Waals surface area (Å²) in [6.07, 6.45) is 3.90. The fourth-order valence-corrected chi connectivity index (χ4v) is 2.07. The van der Waals surface area contributed by atoms with Crippen molar-refractivity contribution in [2.75, 3.05) is 31.5 Å². The lowest BCUT2D eigenvalue weighted by Gasteiger charge is -2.26. The van der Waals surface area contributed by atoms with Crippen LogP contribution in [0.2, 0.25) is 0 Å². The van der Waals surface area contributed by atoms with Gasteiger partial charge >= 0.3 is 5.97 Å². The number of rotatable bonds is 5. The largest absolute Gasteiger partial charge is 0.475 e. The van der Waals surface area contributed by atoms with Crippen LogP contribution in [0.1, 0.15) is 29.8 Å². The number of aromatic carboxylic acids is 1. The Morgan fingerprint density at radius 3 is 2.76 bits per heavy atom. The molecule has 1 aromatic rings. The second-order valence-corrected chi connectivity index (χ2v) is 4.30. The van der Waals surface area contributed by atoms with Gasteiger partial charge in [-0.3, -0.25) is 0 Å². The number of hydrogen-bond acceptors (Lipinski definition) is 4. The molecule has 1 aliphatic heterocycles. The second-order valence-electron chi connectivity index (χ2n) is 4.30. The molecule has 5 nitrogen and oxygen atoms in total. The summed E-state index contributed by atoms with van der Waals surface area (Å²) in [6, 6.07) is 3.12. The third kappa shape index (κ3) is 3.49. The molecule has 0 radical (unpaired) electrons. The second kappa shape index (κ2) is 5.72. The molecular formula is C12H18N2O3. The normalized spacial score (nSPS) is 16.9. The van der Waals surface area contributed by atoms with Crippen LogP contribution in [0, 0.1) is 0 Å². The molecule has 2 heterocycles. The number of carboxylic acid groups (broad SMARTS) is 1. The van der Waals surface area contributed by atoms with Crippen LogP contribution in [0.15, 0.2) is 16.5 Å². The Kier molecular flexibility index (Phi) is 4.03.